The molecule has 30 heavy (non-hydrogen) atoms. The van der Waals surface area contributed by atoms with Crippen LogP contribution in [0.25, 0.3) is 11.1 Å². The van der Waals surface area contributed by atoms with Gasteiger partial charge >= 0.3 is 0 Å². The van der Waals surface area contributed by atoms with E-state index < -0.39 is 0 Å². The maximum Gasteiger partial charge on any atom is 0.139 e. The Bertz CT molecular complexity index is 1090. The Morgan fingerprint density at radius 2 is 1.27 bits per heavy atom. The van der Waals surface area contributed by atoms with Gasteiger partial charge in [-0.05, 0) is 39.7 Å². The highest BCUT2D eigenvalue weighted by Gasteiger charge is 2.37. The van der Waals surface area contributed by atoms with Gasteiger partial charge in [0.05, 0.1) is 0 Å². The molecule has 0 atom stereocenters. The SMILES string of the molecule is CC(C)(C)c1ccc2c(c1)C(C)(C)c1cc(C(C)(C)C)cc(-c3ccccc3)c1O2. The molecule has 0 bridgehead atoms. The van der Waals surface area contributed by atoms with Crippen molar-refractivity contribution in [2.24, 2.45) is 0 Å². The van der Waals surface area contributed by atoms with Crippen molar-refractivity contribution in [1.82, 2.24) is 0 Å². The van der Waals surface area contributed by atoms with E-state index in [9.17, 15) is 0 Å². The highest BCUT2D eigenvalue weighted by atomic mass is 16.5. The van der Waals surface area contributed by atoms with Crippen LogP contribution in [-0.4, -0.2) is 0 Å². The average Bonchev–Trinajstić information content (AvgIpc) is 2.66. The summed E-state index contributed by atoms with van der Waals surface area (Å²) in [6.45, 7) is 18.3. The third-order valence-electron chi connectivity index (χ3n) is 6.44. The number of hydrogen-bond acceptors (Lipinski definition) is 1. The van der Waals surface area contributed by atoms with Gasteiger partial charge in [-0.15, -0.1) is 0 Å². The van der Waals surface area contributed by atoms with Crippen LogP contribution in [0.15, 0.2) is 60.7 Å². The van der Waals surface area contributed by atoms with Gasteiger partial charge in [-0.1, -0.05) is 104 Å². The summed E-state index contributed by atoms with van der Waals surface area (Å²) in [5.41, 5.74) is 7.62. The maximum atomic E-state index is 6.63. The van der Waals surface area contributed by atoms with Crippen LogP contribution in [0.1, 0.15) is 77.6 Å². The molecule has 0 saturated heterocycles. The number of rotatable bonds is 1. The highest BCUT2D eigenvalue weighted by molar-refractivity contribution is 5.77. The summed E-state index contributed by atoms with van der Waals surface area (Å²) >= 11 is 0. The van der Waals surface area contributed by atoms with E-state index in [1.54, 1.807) is 0 Å². The molecular weight excluding hydrogens is 364 g/mol. The molecule has 3 aromatic carbocycles. The molecule has 0 saturated carbocycles. The summed E-state index contributed by atoms with van der Waals surface area (Å²) in [6, 6.07) is 22.0. The lowest BCUT2D eigenvalue weighted by Crippen LogP contribution is -2.27. The molecule has 156 valence electrons. The largest absolute Gasteiger partial charge is 0.456 e. The fourth-order valence-electron chi connectivity index (χ4n) is 4.30. The van der Waals surface area contributed by atoms with Crippen LogP contribution in [0, 0.1) is 0 Å². The Labute approximate surface area is 182 Å². The first-order chi connectivity index (χ1) is 13.9. The van der Waals surface area contributed by atoms with Crippen LogP contribution in [-0.2, 0) is 16.2 Å². The molecule has 0 fully saturated rings. The van der Waals surface area contributed by atoms with E-state index in [0.29, 0.717) is 0 Å². The lowest BCUT2D eigenvalue weighted by atomic mass is 9.71. The fraction of sp³-hybridized carbons (Fsp3) is 0.379. The van der Waals surface area contributed by atoms with Crippen molar-refractivity contribution in [3.8, 4) is 22.6 Å². The van der Waals surface area contributed by atoms with Crippen molar-refractivity contribution in [3.05, 3.63) is 82.9 Å². The Kier molecular flexibility index (Phi) is 4.65. The van der Waals surface area contributed by atoms with Crippen LogP contribution in [0.2, 0.25) is 0 Å². The maximum absolute atomic E-state index is 6.63. The van der Waals surface area contributed by atoms with E-state index in [2.05, 4.69) is 116 Å². The first kappa shape index (κ1) is 20.7. The predicted molar refractivity (Wildman–Crippen MR) is 128 cm³/mol. The van der Waals surface area contributed by atoms with Crippen molar-refractivity contribution in [2.75, 3.05) is 0 Å². The second-order valence-electron chi connectivity index (χ2n) is 11.2. The molecule has 0 aromatic heterocycles. The van der Waals surface area contributed by atoms with Gasteiger partial charge in [0.2, 0.25) is 0 Å². The number of fused-ring (bicyclic) bond motifs is 2. The van der Waals surface area contributed by atoms with E-state index >= 15 is 0 Å². The van der Waals surface area contributed by atoms with Crippen molar-refractivity contribution >= 4 is 0 Å². The number of benzene rings is 3. The van der Waals surface area contributed by atoms with Crippen LogP contribution >= 0.6 is 0 Å². The van der Waals surface area contributed by atoms with Gasteiger partial charge < -0.3 is 4.74 Å². The van der Waals surface area contributed by atoms with E-state index in [0.717, 1.165) is 11.5 Å². The van der Waals surface area contributed by atoms with Crippen molar-refractivity contribution < 1.29 is 4.74 Å². The Morgan fingerprint density at radius 3 is 1.87 bits per heavy atom. The molecule has 0 aliphatic carbocycles. The molecule has 0 unspecified atom stereocenters. The lowest BCUT2D eigenvalue weighted by molar-refractivity contribution is 0.416. The summed E-state index contributed by atoms with van der Waals surface area (Å²) in [4.78, 5) is 0. The topological polar surface area (TPSA) is 9.23 Å². The normalized spacial score (nSPS) is 15.2. The minimum absolute atomic E-state index is 0.0577. The van der Waals surface area contributed by atoms with E-state index in [1.807, 2.05) is 0 Å². The van der Waals surface area contributed by atoms with Gasteiger partial charge in [-0.3, -0.25) is 0 Å². The standard InChI is InChI=1S/C29H34O/c1-27(2,3)20-14-15-25-23(17-20)29(7,8)24-18-21(28(4,5)6)16-22(26(24)30-25)19-12-10-9-11-13-19/h9-18H,1-8H3. The zero-order valence-corrected chi connectivity index (χ0v) is 19.7. The zero-order valence-electron chi connectivity index (χ0n) is 19.7. The van der Waals surface area contributed by atoms with Crippen molar-refractivity contribution in [3.63, 3.8) is 0 Å². The van der Waals surface area contributed by atoms with Crippen molar-refractivity contribution in [2.45, 2.75) is 71.6 Å². The summed E-state index contributed by atoms with van der Waals surface area (Å²) < 4.78 is 6.63. The van der Waals surface area contributed by atoms with Crippen LogP contribution in [0.4, 0.5) is 0 Å². The van der Waals surface area contributed by atoms with Crippen molar-refractivity contribution in [1.29, 1.82) is 0 Å². The quantitative estimate of drug-likeness (QED) is 0.400. The lowest BCUT2D eigenvalue weighted by Gasteiger charge is -2.38. The molecule has 1 aliphatic heterocycles. The highest BCUT2D eigenvalue weighted by Crippen LogP contribution is 2.53. The number of hydrogen-bond donors (Lipinski definition) is 0. The smallest absolute Gasteiger partial charge is 0.139 e. The monoisotopic (exact) mass is 398 g/mol. The molecular formula is C29H34O. The Hall–Kier alpha value is -2.54. The third kappa shape index (κ3) is 3.45. The molecule has 0 radical (unpaired) electrons. The van der Waals surface area contributed by atoms with Gasteiger partial charge in [-0.25, -0.2) is 0 Å². The first-order valence-electron chi connectivity index (χ1n) is 11.0. The van der Waals surface area contributed by atoms with Gasteiger partial charge in [0.15, 0.2) is 0 Å². The summed E-state index contributed by atoms with van der Waals surface area (Å²) in [5.74, 6) is 1.97. The van der Waals surface area contributed by atoms with Crippen LogP contribution in [0.3, 0.4) is 0 Å². The van der Waals surface area contributed by atoms with Crippen LogP contribution in [0.5, 0.6) is 11.5 Å². The van der Waals surface area contributed by atoms with Crippen LogP contribution < -0.4 is 4.74 Å². The average molecular weight is 399 g/mol. The van der Waals surface area contributed by atoms with E-state index in [1.165, 1.54) is 33.4 Å². The molecule has 1 nitrogen and oxygen atoms in total. The summed E-state index contributed by atoms with van der Waals surface area (Å²) in [7, 11) is 0. The minimum Gasteiger partial charge on any atom is -0.456 e. The van der Waals surface area contributed by atoms with Gasteiger partial charge in [0, 0.05) is 22.1 Å². The predicted octanol–water partition coefficient (Wildman–Crippen LogP) is 8.38. The number of ether oxygens (including phenoxy) is 1. The molecule has 0 amide bonds. The molecule has 1 heterocycles. The second kappa shape index (κ2) is 6.74. The zero-order chi connectivity index (χ0) is 21.9. The molecule has 1 aliphatic rings. The molecule has 3 aromatic rings. The molecule has 0 N–H and O–H groups in total. The van der Waals surface area contributed by atoms with Gasteiger partial charge in [0.25, 0.3) is 0 Å². The third-order valence-corrected chi connectivity index (χ3v) is 6.44. The summed E-state index contributed by atoms with van der Waals surface area (Å²) in [5, 5.41) is 0. The fourth-order valence-corrected chi connectivity index (χ4v) is 4.30. The second-order valence-corrected chi connectivity index (χ2v) is 11.2. The van der Waals surface area contributed by atoms with Gasteiger partial charge in [-0.2, -0.15) is 0 Å². The van der Waals surface area contributed by atoms with Gasteiger partial charge in [0.1, 0.15) is 11.5 Å². The first-order valence-corrected chi connectivity index (χ1v) is 11.0. The Balaban J connectivity index is 2.00. The molecule has 1 heteroatoms. The Morgan fingerprint density at radius 1 is 0.667 bits per heavy atom. The van der Waals surface area contributed by atoms with E-state index in [-0.39, 0.29) is 16.2 Å². The summed E-state index contributed by atoms with van der Waals surface area (Å²) in [6.07, 6.45) is 0. The minimum atomic E-state index is -0.144. The van der Waals surface area contributed by atoms with E-state index in [4.69, 9.17) is 4.74 Å². The molecule has 0 spiro atoms. The molecule has 4 rings (SSSR count).